The summed E-state index contributed by atoms with van der Waals surface area (Å²) in [6.45, 7) is 3.86. The molecular formula is C18H18N4. The highest BCUT2D eigenvalue weighted by Crippen LogP contribution is 2.29. The Morgan fingerprint density at radius 1 is 0.955 bits per heavy atom. The lowest BCUT2D eigenvalue weighted by molar-refractivity contribution is 0.320. The second-order valence-electron chi connectivity index (χ2n) is 5.96. The molecule has 2 aromatic carbocycles. The number of aromatic nitrogens is 3. The molecule has 0 aliphatic carbocycles. The maximum atomic E-state index is 4.46. The van der Waals surface area contributed by atoms with Gasteiger partial charge in [-0.3, -0.25) is 4.90 Å². The Bertz CT molecular complexity index is 817. The molecule has 4 nitrogen and oxygen atoms in total. The van der Waals surface area contributed by atoms with Crippen molar-refractivity contribution < 1.29 is 0 Å². The number of nitrogens with zero attached hydrogens (tertiary/aromatic N) is 4. The molecule has 0 N–H and O–H groups in total. The molecule has 0 spiro atoms. The van der Waals surface area contributed by atoms with E-state index in [1.165, 1.54) is 11.1 Å². The zero-order chi connectivity index (χ0) is 15.1. The monoisotopic (exact) mass is 290 g/mol. The minimum absolute atomic E-state index is 0.838. The molecule has 22 heavy (non-hydrogen) atoms. The van der Waals surface area contributed by atoms with Crippen molar-refractivity contribution in [1.29, 1.82) is 0 Å². The van der Waals surface area contributed by atoms with Crippen molar-refractivity contribution in [2.24, 2.45) is 0 Å². The summed E-state index contributed by atoms with van der Waals surface area (Å²) < 4.78 is 1.99. The van der Waals surface area contributed by atoms with E-state index in [9.17, 15) is 0 Å². The highest BCUT2D eigenvalue weighted by molar-refractivity contribution is 5.63. The Morgan fingerprint density at radius 3 is 2.55 bits per heavy atom. The van der Waals surface area contributed by atoms with Crippen LogP contribution >= 0.6 is 0 Å². The van der Waals surface area contributed by atoms with Gasteiger partial charge in [0.25, 0.3) is 0 Å². The molecule has 0 atom stereocenters. The molecule has 4 rings (SSSR count). The first kappa shape index (κ1) is 13.2. The zero-order valence-electron chi connectivity index (χ0n) is 12.8. The van der Waals surface area contributed by atoms with Gasteiger partial charge in [-0.05, 0) is 25.6 Å². The predicted molar refractivity (Wildman–Crippen MR) is 86.7 cm³/mol. The van der Waals surface area contributed by atoms with Gasteiger partial charge >= 0.3 is 0 Å². The third-order valence-electron chi connectivity index (χ3n) is 4.17. The summed E-state index contributed by atoms with van der Waals surface area (Å²) in [6.07, 6.45) is 0. The van der Waals surface area contributed by atoms with Crippen LogP contribution in [0.5, 0.6) is 0 Å². The van der Waals surface area contributed by atoms with E-state index in [0.717, 1.165) is 35.7 Å². The van der Waals surface area contributed by atoms with Crippen LogP contribution in [0.3, 0.4) is 0 Å². The zero-order valence-corrected chi connectivity index (χ0v) is 12.8. The van der Waals surface area contributed by atoms with Gasteiger partial charge in [0.1, 0.15) is 5.69 Å². The van der Waals surface area contributed by atoms with Gasteiger partial charge in [-0.25, -0.2) is 4.68 Å². The molecule has 0 unspecified atom stereocenters. The Hall–Kier alpha value is -2.46. The van der Waals surface area contributed by atoms with Crippen molar-refractivity contribution in [2.75, 3.05) is 7.05 Å². The van der Waals surface area contributed by atoms with Crippen molar-refractivity contribution in [3.8, 4) is 16.9 Å². The number of para-hydroxylation sites is 1. The quantitative estimate of drug-likeness (QED) is 0.690. The fourth-order valence-corrected chi connectivity index (χ4v) is 3.03. The van der Waals surface area contributed by atoms with Gasteiger partial charge in [0.2, 0.25) is 0 Å². The van der Waals surface area contributed by atoms with Crippen LogP contribution in [0.2, 0.25) is 0 Å². The molecule has 1 aliphatic heterocycles. The Balaban J connectivity index is 1.90. The molecule has 0 saturated heterocycles. The van der Waals surface area contributed by atoms with Crippen molar-refractivity contribution in [3.05, 3.63) is 65.4 Å². The van der Waals surface area contributed by atoms with E-state index in [1.54, 1.807) is 0 Å². The minimum atomic E-state index is 0.838. The molecule has 1 aliphatic rings. The van der Waals surface area contributed by atoms with Crippen LogP contribution in [0.25, 0.3) is 16.9 Å². The number of hydrogen-bond donors (Lipinski definition) is 0. The fourth-order valence-electron chi connectivity index (χ4n) is 3.03. The fraction of sp³-hybridized carbons (Fsp3) is 0.222. The standard InChI is InChI=1S/C18H18N4/c1-13-7-9-14(10-8-13)18-17-12-21(2)11-15-5-3-4-6-16(15)22(17)20-19-18/h3-10H,11-12H2,1-2H3. The van der Waals surface area contributed by atoms with E-state index in [4.69, 9.17) is 0 Å². The molecule has 3 aromatic rings. The first-order chi connectivity index (χ1) is 10.7. The Morgan fingerprint density at radius 2 is 1.73 bits per heavy atom. The molecule has 0 amide bonds. The van der Waals surface area contributed by atoms with E-state index in [1.807, 2.05) is 4.68 Å². The topological polar surface area (TPSA) is 34.0 Å². The summed E-state index contributed by atoms with van der Waals surface area (Å²) in [7, 11) is 2.14. The van der Waals surface area contributed by atoms with Gasteiger partial charge < -0.3 is 0 Å². The lowest BCUT2D eigenvalue weighted by atomic mass is 10.1. The Kier molecular flexibility index (Phi) is 3.05. The molecule has 2 heterocycles. The second kappa shape index (κ2) is 5.07. The first-order valence-electron chi connectivity index (χ1n) is 7.51. The van der Waals surface area contributed by atoms with Crippen molar-refractivity contribution >= 4 is 0 Å². The van der Waals surface area contributed by atoms with Crippen molar-refractivity contribution in [2.45, 2.75) is 20.0 Å². The van der Waals surface area contributed by atoms with Gasteiger partial charge in [0, 0.05) is 18.7 Å². The number of benzene rings is 2. The lowest BCUT2D eigenvalue weighted by Gasteiger charge is -2.13. The third kappa shape index (κ3) is 2.12. The summed E-state index contributed by atoms with van der Waals surface area (Å²) in [5.41, 5.74) is 6.92. The van der Waals surface area contributed by atoms with E-state index in [0.29, 0.717) is 0 Å². The molecule has 0 radical (unpaired) electrons. The highest BCUT2D eigenvalue weighted by Gasteiger charge is 2.22. The van der Waals surface area contributed by atoms with Crippen LogP contribution in [-0.2, 0) is 13.1 Å². The molecule has 110 valence electrons. The summed E-state index contributed by atoms with van der Waals surface area (Å²) in [5, 5.41) is 8.89. The largest absolute Gasteiger partial charge is 0.296 e. The third-order valence-corrected chi connectivity index (χ3v) is 4.17. The normalized spacial score (nSPS) is 14.3. The number of hydrogen-bond acceptors (Lipinski definition) is 3. The van der Waals surface area contributed by atoms with Gasteiger partial charge in [-0.15, -0.1) is 5.10 Å². The molecule has 0 saturated carbocycles. The van der Waals surface area contributed by atoms with E-state index < -0.39 is 0 Å². The lowest BCUT2D eigenvalue weighted by Crippen LogP contribution is -2.16. The smallest absolute Gasteiger partial charge is 0.118 e. The molecule has 4 heteroatoms. The molecule has 0 fully saturated rings. The van der Waals surface area contributed by atoms with Crippen molar-refractivity contribution in [3.63, 3.8) is 0 Å². The number of fused-ring (bicyclic) bond motifs is 3. The van der Waals surface area contributed by atoms with Gasteiger partial charge in [-0.1, -0.05) is 53.2 Å². The summed E-state index contributed by atoms with van der Waals surface area (Å²) in [5.74, 6) is 0. The molecule has 0 bridgehead atoms. The van der Waals surface area contributed by atoms with Crippen LogP contribution in [-0.4, -0.2) is 26.9 Å². The van der Waals surface area contributed by atoms with Crippen LogP contribution in [0.1, 0.15) is 16.8 Å². The maximum absolute atomic E-state index is 4.46. The number of rotatable bonds is 1. The molecule has 1 aromatic heterocycles. The van der Waals surface area contributed by atoms with Gasteiger partial charge in [0.15, 0.2) is 0 Å². The average molecular weight is 290 g/mol. The van der Waals surface area contributed by atoms with E-state index in [2.05, 4.69) is 77.7 Å². The van der Waals surface area contributed by atoms with Crippen LogP contribution in [0.4, 0.5) is 0 Å². The predicted octanol–water partition coefficient (Wildman–Crippen LogP) is 3.19. The van der Waals surface area contributed by atoms with Gasteiger partial charge in [0.05, 0.1) is 11.4 Å². The highest BCUT2D eigenvalue weighted by atomic mass is 15.4. The summed E-state index contributed by atoms with van der Waals surface area (Å²) >= 11 is 0. The second-order valence-corrected chi connectivity index (χ2v) is 5.96. The van der Waals surface area contributed by atoms with Gasteiger partial charge in [-0.2, -0.15) is 0 Å². The number of aryl methyl sites for hydroxylation is 1. The SMILES string of the molecule is Cc1ccc(-c2nnn3c2CN(C)Cc2ccccc2-3)cc1. The molecular weight excluding hydrogens is 272 g/mol. The summed E-state index contributed by atoms with van der Waals surface area (Å²) in [6, 6.07) is 16.9. The van der Waals surface area contributed by atoms with Crippen molar-refractivity contribution in [1.82, 2.24) is 19.9 Å². The first-order valence-corrected chi connectivity index (χ1v) is 7.51. The van der Waals surface area contributed by atoms with E-state index >= 15 is 0 Å². The van der Waals surface area contributed by atoms with Crippen LogP contribution < -0.4 is 0 Å². The maximum Gasteiger partial charge on any atom is 0.118 e. The summed E-state index contributed by atoms with van der Waals surface area (Å²) in [4.78, 5) is 2.30. The van der Waals surface area contributed by atoms with Crippen LogP contribution in [0, 0.1) is 6.92 Å². The minimum Gasteiger partial charge on any atom is -0.296 e. The van der Waals surface area contributed by atoms with Crippen LogP contribution in [0.15, 0.2) is 48.5 Å². The Labute approximate surface area is 130 Å². The average Bonchev–Trinajstić information content (AvgIpc) is 2.86. The van der Waals surface area contributed by atoms with E-state index in [-0.39, 0.29) is 0 Å².